The Morgan fingerprint density at radius 1 is 1.06 bits per heavy atom. The highest BCUT2D eigenvalue weighted by Gasteiger charge is 2.50. The minimum atomic E-state index is -3.26. The normalized spacial score (nSPS) is 36.0. The van der Waals surface area contributed by atoms with Crippen LogP contribution in [0.15, 0.2) is 35.4 Å². The first-order valence-corrected chi connectivity index (χ1v) is 24.8. The summed E-state index contributed by atoms with van der Waals surface area (Å²) < 4.78 is 50.2. The lowest BCUT2D eigenvalue weighted by Crippen LogP contribution is -2.59. The van der Waals surface area contributed by atoms with Crippen molar-refractivity contribution in [2.24, 2.45) is 17.8 Å². The van der Waals surface area contributed by atoms with Crippen LogP contribution in [-0.2, 0) is 46.4 Å². The molecule has 0 aliphatic carbocycles. The molecule has 2 saturated heterocycles. The monoisotopic (exact) mass is 926 g/mol. The van der Waals surface area contributed by atoms with E-state index in [4.69, 9.17) is 18.9 Å². The van der Waals surface area contributed by atoms with Crippen molar-refractivity contribution < 1.29 is 57.7 Å². The standard InChI is InChI=1S/C46H79N5O12S/c1-13-38-46(8,57)41(54)32(6)50(10)25-28(2)24-45(7,56)42(30(4)40(60-11)31(5)43(55)62-38)63-44-39(53)37(23-29(3)61-44)49(9)22-21-34-26-51(48-47-34)35(27-52)16-14-15-33-17-19-36(20-18-33)64(12,58)59/h17-20,26,28-32,35,37-42,44,52-54,56-57H,13-16,21-25,27H2,1-12H3/t28-,29-,30+,31-,32-,35+,37+,38-,39-,40+,41-,42-,44+,45-,46-/m1/s1. The zero-order valence-electron chi connectivity index (χ0n) is 40.2. The summed E-state index contributed by atoms with van der Waals surface area (Å²) in [5, 5.41) is 66.3. The molecule has 0 saturated carbocycles. The molecule has 1 aromatic carbocycles. The number of likely N-dealkylation sites (N-methyl/N-ethyl adjacent to an activating group) is 2. The average molecular weight is 926 g/mol. The molecule has 2 aliphatic heterocycles. The fourth-order valence-corrected chi connectivity index (χ4v) is 10.5. The number of hydrogen-bond acceptors (Lipinski definition) is 16. The highest BCUT2D eigenvalue weighted by molar-refractivity contribution is 7.90. The first-order chi connectivity index (χ1) is 29.9. The van der Waals surface area contributed by atoms with Gasteiger partial charge in [-0.15, -0.1) is 5.10 Å². The van der Waals surface area contributed by atoms with Crippen molar-refractivity contribution >= 4 is 15.8 Å². The molecule has 0 amide bonds. The van der Waals surface area contributed by atoms with Gasteiger partial charge in [0.1, 0.15) is 23.9 Å². The number of carbonyl (C=O) groups excluding carboxylic acids is 1. The molecule has 0 spiro atoms. The summed E-state index contributed by atoms with van der Waals surface area (Å²) in [6, 6.07) is 5.64. The summed E-state index contributed by atoms with van der Waals surface area (Å²) in [6.45, 7) is 15.0. The number of benzene rings is 1. The number of hydrogen-bond donors (Lipinski definition) is 5. The van der Waals surface area contributed by atoms with Crippen LogP contribution in [0, 0.1) is 17.8 Å². The summed E-state index contributed by atoms with van der Waals surface area (Å²) in [5.74, 6) is -2.27. The molecule has 2 fully saturated rings. The third-order valence-corrected chi connectivity index (χ3v) is 14.9. The van der Waals surface area contributed by atoms with Crippen LogP contribution in [0.2, 0.25) is 0 Å². The first kappa shape index (κ1) is 54.0. The number of aromatic nitrogens is 3. The van der Waals surface area contributed by atoms with E-state index in [1.165, 1.54) is 20.3 Å². The smallest absolute Gasteiger partial charge is 0.311 e. The second-order valence-corrected chi connectivity index (χ2v) is 21.4. The number of esters is 1. The number of aryl methyl sites for hydroxylation is 1. The minimum absolute atomic E-state index is 0.119. The zero-order valence-corrected chi connectivity index (χ0v) is 41.0. The van der Waals surface area contributed by atoms with Crippen molar-refractivity contribution in [2.45, 2.75) is 177 Å². The van der Waals surface area contributed by atoms with Gasteiger partial charge in [0.2, 0.25) is 0 Å². The zero-order chi connectivity index (χ0) is 47.9. The predicted octanol–water partition coefficient (Wildman–Crippen LogP) is 2.79. The molecule has 2 aromatic rings. The fourth-order valence-electron chi connectivity index (χ4n) is 9.88. The molecule has 0 unspecified atom stereocenters. The molecular weight excluding hydrogens is 847 g/mol. The number of aliphatic hydroxyl groups is 5. The second kappa shape index (κ2) is 22.9. The Morgan fingerprint density at radius 3 is 2.31 bits per heavy atom. The number of carbonyl (C=O) groups is 1. The largest absolute Gasteiger partial charge is 0.459 e. The van der Waals surface area contributed by atoms with Crippen molar-refractivity contribution in [1.29, 1.82) is 0 Å². The van der Waals surface area contributed by atoms with Crippen LogP contribution in [0.5, 0.6) is 0 Å². The number of nitrogens with zero attached hydrogens (tertiary/aromatic N) is 5. The van der Waals surface area contributed by atoms with Gasteiger partial charge in [-0.05, 0) is 111 Å². The van der Waals surface area contributed by atoms with Crippen LogP contribution in [0.25, 0.3) is 0 Å². The van der Waals surface area contributed by atoms with Gasteiger partial charge in [-0.2, -0.15) is 0 Å². The third kappa shape index (κ3) is 13.5. The van der Waals surface area contributed by atoms with E-state index < -0.39 is 87.7 Å². The molecule has 18 heteroatoms. The van der Waals surface area contributed by atoms with E-state index in [0.717, 1.165) is 17.7 Å². The lowest BCUT2D eigenvalue weighted by atomic mass is 9.78. The lowest BCUT2D eigenvalue weighted by Gasteiger charge is -2.47. The maximum atomic E-state index is 13.8. The summed E-state index contributed by atoms with van der Waals surface area (Å²) in [5.41, 5.74) is -1.55. The maximum Gasteiger partial charge on any atom is 0.311 e. The molecule has 5 N–H and O–H groups in total. The van der Waals surface area contributed by atoms with Gasteiger partial charge >= 0.3 is 5.97 Å². The molecule has 2 aliphatic rings. The van der Waals surface area contributed by atoms with Gasteiger partial charge in [-0.1, -0.05) is 38.1 Å². The highest BCUT2D eigenvalue weighted by atomic mass is 32.2. The topological polar surface area (TPSA) is 226 Å². The van der Waals surface area contributed by atoms with Crippen LogP contribution in [0.4, 0.5) is 0 Å². The number of cyclic esters (lactones) is 1. The van der Waals surface area contributed by atoms with E-state index in [-0.39, 0.29) is 42.4 Å². The van der Waals surface area contributed by atoms with Gasteiger partial charge in [-0.3, -0.25) is 4.79 Å². The highest BCUT2D eigenvalue weighted by Crippen LogP contribution is 2.37. The molecule has 15 atom stereocenters. The predicted molar refractivity (Wildman–Crippen MR) is 241 cm³/mol. The van der Waals surface area contributed by atoms with Crippen molar-refractivity contribution in [3.05, 3.63) is 41.7 Å². The van der Waals surface area contributed by atoms with Crippen LogP contribution < -0.4 is 0 Å². The van der Waals surface area contributed by atoms with Gasteiger partial charge in [0.05, 0.1) is 53.1 Å². The molecule has 64 heavy (non-hydrogen) atoms. The van der Waals surface area contributed by atoms with E-state index in [2.05, 4.69) is 10.3 Å². The SMILES string of the molecule is CC[C@H]1OC(=O)[C@H](C)[C@@H](OC)[C@H](C)[C@@H](O[C@@H]2O[C@H](C)C[C@H](N(C)CCc3cn([C@H](CO)CCCc4ccc(S(C)(=O)=O)cc4)nn3)[C@H]2O)[C@](C)(O)C[C@@H](C)CN(C)[C@H](C)[C@@H](O)[C@]1(C)O. The summed E-state index contributed by atoms with van der Waals surface area (Å²) >= 11 is 0. The van der Waals surface area contributed by atoms with E-state index in [1.54, 1.807) is 44.5 Å². The summed E-state index contributed by atoms with van der Waals surface area (Å²) in [7, 11) is 1.98. The van der Waals surface area contributed by atoms with E-state index in [1.807, 2.05) is 63.0 Å². The van der Waals surface area contributed by atoms with Crippen LogP contribution in [-0.4, -0.2) is 178 Å². The third-order valence-electron chi connectivity index (χ3n) is 13.8. The number of ether oxygens (including phenoxy) is 4. The maximum absolute atomic E-state index is 13.8. The van der Waals surface area contributed by atoms with Gasteiger partial charge in [-0.25, -0.2) is 13.1 Å². The Bertz CT molecular complexity index is 1860. The molecule has 366 valence electrons. The Labute approximate surface area is 381 Å². The molecule has 0 radical (unpaired) electrons. The van der Waals surface area contributed by atoms with Crippen molar-refractivity contribution in [2.75, 3.05) is 47.2 Å². The number of aliphatic hydroxyl groups excluding tert-OH is 3. The number of sulfone groups is 1. The van der Waals surface area contributed by atoms with Gasteiger partial charge < -0.3 is 54.3 Å². The van der Waals surface area contributed by atoms with Crippen LogP contribution in [0.3, 0.4) is 0 Å². The van der Waals surface area contributed by atoms with Crippen LogP contribution >= 0.6 is 0 Å². The van der Waals surface area contributed by atoms with Gasteiger partial charge in [0.15, 0.2) is 16.1 Å². The average Bonchev–Trinajstić information content (AvgIpc) is 3.70. The van der Waals surface area contributed by atoms with Gasteiger partial charge in [0, 0.05) is 57.1 Å². The minimum Gasteiger partial charge on any atom is -0.459 e. The first-order valence-electron chi connectivity index (χ1n) is 22.9. The molecule has 0 bridgehead atoms. The van der Waals surface area contributed by atoms with Crippen LogP contribution in [0.1, 0.15) is 105 Å². The Balaban J connectivity index is 1.48. The quantitative estimate of drug-likeness (QED) is 0.162. The fraction of sp³-hybridized carbons (Fsp3) is 0.804. The number of rotatable bonds is 15. The Kier molecular flexibility index (Phi) is 19.3. The lowest BCUT2D eigenvalue weighted by molar-refractivity contribution is -0.300. The van der Waals surface area contributed by atoms with E-state index in [0.29, 0.717) is 38.8 Å². The van der Waals surface area contributed by atoms with E-state index >= 15 is 0 Å². The van der Waals surface area contributed by atoms with Crippen molar-refractivity contribution in [1.82, 2.24) is 24.8 Å². The van der Waals surface area contributed by atoms with E-state index in [9.17, 15) is 38.7 Å². The van der Waals surface area contributed by atoms with Crippen molar-refractivity contribution in [3.63, 3.8) is 0 Å². The molecule has 1 aromatic heterocycles. The Hall–Kier alpha value is -2.62. The van der Waals surface area contributed by atoms with Crippen molar-refractivity contribution in [3.8, 4) is 0 Å². The number of methoxy groups -OCH3 is 1. The molecular formula is C46H79N5O12S. The molecule has 4 rings (SSSR count). The summed E-state index contributed by atoms with van der Waals surface area (Å²) in [6.07, 6.45) is -0.0306. The molecule has 3 heterocycles. The molecule has 17 nitrogen and oxygen atoms in total. The van der Waals surface area contributed by atoms with Gasteiger partial charge in [0.25, 0.3) is 0 Å². The summed E-state index contributed by atoms with van der Waals surface area (Å²) in [4.78, 5) is 18.1. The Morgan fingerprint density at radius 2 is 1.72 bits per heavy atom. The second-order valence-electron chi connectivity index (χ2n) is 19.4.